The summed E-state index contributed by atoms with van der Waals surface area (Å²) < 4.78 is 22.5. The summed E-state index contributed by atoms with van der Waals surface area (Å²) in [6.07, 6.45) is 0. The molecule has 2 N–H and O–H groups in total. The minimum atomic E-state index is -0.401. The van der Waals surface area contributed by atoms with E-state index < -0.39 is 5.82 Å². The molecule has 0 spiro atoms. The van der Waals surface area contributed by atoms with Gasteiger partial charge < -0.3 is 14.5 Å². The number of amides is 1. The van der Waals surface area contributed by atoms with Crippen LogP contribution in [0.15, 0.2) is 24.3 Å². The highest BCUT2D eigenvalue weighted by Crippen LogP contribution is 2.23. The van der Waals surface area contributed by atoms with Crippen LogP contribution in [0, 0.1) is 16.6 Å². The molecule has 0 atom stereocenters. The number of nitrogens with zero attached hydrogens (tertiary/aromatic N) is 4. The third-order valence-electron chi connectivity index (χ3n) is 4.56. The van der Waals surface area contributed by atoms with E-state index in [-0.39, 0.29) is 30.0 Å². The number of hydrogen-bond donors (Lipinski definition) is 2. The molecule has 27 heavy (non-hydrogen) atoms. The summed E-state index contributed by atoms with van der Waals surface area (Å²) in [5, 5.41) is 17.1. The molecule has 0 aliphatic carbocycles. The third kappa shape index (κ3) is 3.45. The summed E-state index contributed by atoms with van der Waals surface area (Å²) in [6, 6.07) is 5.35. The average Bonchev–Trinajstić information content (AvgIpc) is 3.09. The molecule has 140 valence electrons. The van der Waals surface area contributed by atoms with Crippen molar-refractivity contribution in [2.24, 2.45) is 0 Å². The quantitative estimate of drug-likeness (QED) is 0.613. The molecule has 4 rings (SSSR count). The largest absolute Gasteiger partial charge is 0.380 e. The highest BCUT2D eigenvalue weighted by molar-refractivity contribution is 7.07. The number of carbonyl (C=O) groups is 1. The standard InChI is InChI=1S/C17H17FN6O2S/c18-12-3-1-10(2-4-12)17(25)23-5-6-24(13(19)7-23)14(20)16-21-15(22-27-16)11-8-26-9-11/h1-4,11,19-20H,5-9H2. The van der Waals surface area contributed by atoms with Crippen molar-refractivity contribution in [2.45, 2.75) is 5.92 Å². The van der Waals surface area contributed by atoms with Crippen molar-refractivity contribution in [1.82, 2.24) is 19.2 Å². The average molecular weight is 388 g/mol. The lowest BCUT2D eigenvalue weighted by Crippen LogP contribution is -2.53. The van der Waals surface area contributed by atoms with Gasteiger partial charge in [-0.15, -0.1) is 0 Å². The molecule has 1 aromatic heterocycles. The number of carbonyl (C=O) groups excluding carboxylic acids is 1. The molecular formula is C17H17FN6O2S. The Morgan fingerprint density at radius 2 is 2.00 bits per heavy atom. The maximum Gasteiger partial charge on any atom is 0.254 e. The Labute approximate surface area is 158 Å². The first kappa shape index (κ1) is 17.7. The van der Waals surface area contributed by atoms with Crippen molar-refractivity contribution in [3.63, 3.8) is 0 Å². The van der Waals surface area contributed by atoms with Gasteiger partial charge in [0.1, 0.15) is 11.7 Å². The van der Waals surface area contributed by atoms with Gasteiger partial charge in [0.15, 0.2) is 16.7 Å². The number of piperazine rings is 1. The monoisotopic (exact) mass is 388 g/mol. The van der Waals surface area contributed by atoms with Crippen LogP contribution in [0.1, 0.15) is 27.1 Å². The topological polar surface area (TPSA) is 106 Å². The molecule has 0 unspecified atom stereocenters. The van der Waals surface area contributed by atoms with Crippen LogP contribution in [-0.4, -0.2) is 69.6 Å². The number of nitrogens with one attached hydrogen (secondary N) is 2. The third-order valence-corrected chi connectivity index (χ3v) is 5.29. The van der Waals surface area contributed by atoms with Crippen LogP contribution in [-0.2, 0) is 4.74 Å². The molecular weight excluding hydrogens is 371 g/mol. The van der Waals surface area contributed by atoms with Gasteiger partial charge in [-0.1, -0.05) is 0 Å². The zero-order valence-corrected chi connectivity index (χ0v) is 15.1. The zero-order valence-electron chi connectivity index (χ0n) is 14.3. The van der Waals surface area contributed by atoms with Crippen LogP contribution in [0.25, 0.3) is 0 Å². The molecule has 3 heterocycles. The lowest BCUT2D eigenvalue weighted by Gasteiger charge is -2.35. The van der Waals surface area contributed by atoms with Crippen molar-refractivity contribution in [1.29, 1.82) is 10.8 Å². The predicted molar refractivity (Wildman–Crippen MR) is 97.0 cm³/mol. The second-order valence-electron chi connectivity index (χ2n) is 6.37. The highest BCUT2D eigenvalue weighted by atomic mass is 32.1. The van der Waals surface area contributed by atoms with Crippen molar-refractivity contribution < 1.29 is 13.9 Å². The summed E-state index contributed by atoms with van der Waals surface area (Å²) in [6.45, 7) is 1.98. The zero-order chi connectivity index (χ0) is 19.0. The molecule has 2 fully saturated rings. The van der Waals surface area contributed by atoms with E-state index in [2.05, 4.69) is 9.36 Å². The maximum atomic E-state index is 13.0. The fraction of sp³-hybridized carbons (Fsp3) is 0.353. The molecule has 2 aliphatic rings. The van der Waals surface area contributed by atoms with Gasteiger partial charge >= 0.3 is 0 Å². The first-order valence-electron chi connectivity index (χ1n) is 8.43. The van der Waals surface area contributed by atoms with Gasteiger partial charge in [-0.25, -0.2) is 9.37 Å². The molecule has 10 heteroatoms. The summed E-state index contributed by atoms with van der Waals surface area (Å²) in [5.41, 5.74) is 0.379. The fourth-order valence-electron chi connectivity index (χ4n) is 2.89. The van der Waals surface area contributed by atoms with Crippen molar-refractivity contribution in [3.05, 3.63) is 46.5 Å². The normalized spacial score (nSPS) is 17.7. The van der Waals surface area contributed by atoms with Gasteiger partial charge in [-0.2, -0.15) is 4.37 Å². The number of amidine groups is 2. The summed E-state index contributed by atoms with van der Waals surface area (Å²) in [7, 11) is 0. The number of halogens is 1. The number of benzene rings is 1. The summed E-state index contributed by atoms with van der Waals surface area (Å²) in [4.78, 5) is 20.0. The molecule has 2 aromatic rings. The van der Waals surface area contributed by atoms with Crippen LogP contribution in [0.2, 0.25) is 0 Å². The Morgan fingerprint density at radius 1 is 1.26 bits per heavy atom. The van der Waals surface area contributed by atoms with E-state index in [1.54, 1.807) is 0 Å². The SMILES string of the molecule is N=C1CN(C(=O)c2ccc(F)cc2)CCN1C(=N)c1nc(C2COC2)ns1. The van der Waals surface area contributed by atoms with Crippen LogP contribution in [0.5, 0.6) is 0 Å². The first-order chi connectivity index (χ1) is 13.0. The van der Waals surface area contributed by atoms with Crippen LogP contribution in [0.3, 0.4) is 0 Å². The minimum Gasteiger partial charge on any atom is -0.380 e. The Bertz CT molecular complexity index is 895. The van der Waals surface area contributed by atoms with Crippen molar-refractivity contribution in [3.8, 4) is 0 Å². The molecule has 8 nitrogen and oxygen atoms in total. The molecule has 2 saturated heterocycles. The maximum absolute atomic E-state index is 13.0. The second kappa shape index (κ2) is 7.12. The Morgan fingerprint density at radius 3 is 2.63 bits per heavy atom. The van der Waals surface area contributed by atoms with E-state index in [4.69, 9.17) is 15.6 Å². The Kier molecular flexibility index (Phi) is 4.66. The van der Waals surface area contributed by atoms with Crippen molar-refractivity contribution >= 4 is 29.1 Å². The van der Waals surface area contributed by atoms with Gasteiger partial charge in [0, 0.05) is 18.7 Å². The Balaban J connectivity index is 1.41. The lowest BCUT2D eigenvalue weighted by molar-refractivity contribution is 0.00532. The molecule has 0 saturated carbocycles. The van der Waals surface area contributed by atoms with E-state index in [1.807, 2.05) is 0 Å². The van der Waals surface area contributed by atoms with Gasteiger partial charge in [0.05, 0.1) is 25.7 Å². The molecule has 0 radical (unpaired) electrons. The highest BCUT2D eigenvalue weighted by Gasteiger charge is 2.31. The van der Waals surface area contributed by atoms with Gasteiger partial charge in [-0.3, -0.25) is 15.6 Å². The van der Waals surface area contributed by atoms with E-state index in [9.17, 15) is 9.18 Å². The molecule has 0 bridgehead atoms. The second-order valence-corrected chi connectivity index (χ2v) is 7.12. The number of aromatic nitrogens is 2. The van der Waals surface area contributed by atoms with Gasteiger partial charge in [-0.05, 0) is 35.8 Å². The first-order valence-corrected chi connectivity index (χ1v) is 9.20. The summed E-state index contributed by atoms with van der Waals surface area (Å²) >= 11 is 1.14. The Hall–Kier alpha value is -2.72. The van der Waals surface area contributed by atoms with E-state index >= 15 is 0 Å². The van der Waals surface area contributed by atoms with Gasteiger partial charge in [0.2, 0.25) is 0 Å². The van der Waals surface area contributed by atoms with Crippen molar-refractivity contribution in [2.75, 3.05) is 32.8 Å². The van der Waals surface area contributed by atoms with Crippen LogP contribution >= 0.6 is 11.5 Å². The molecule has 2 aliphatic heterocycles. The predicted octanol–water partition coefficient (Wildman–Crippen LogP) is 1.55. The van der Waals surface area contributed by atoms with E-state index in [1.165, 1.54) is 34.1 Å². The van der Waals surface area contributed by atoms with Crippen LogP contribution in [0.4, 0.5) is 4.39 Å². The number of rotatable bonds is 3. The van der Waals surface area contributed by atoms with Crippen LogP contribution < -0.4 is 0 Å². The smallest absolute Gasteiger partial charge is 0.254 e. The minimum absolute atomic E-state index is 0.0840. The number of ether oxygens (including phenoxy) is 1. The van der Waals surface area contributed by atoms with E-state index in [0.29, 0.717) is 42.7 Å². The van der Waals surface area contributed by atoms with Gasteiger partial charge in [0.25, 0.3) is 5.91 Å². The summed E-state index contributed by atoms with van der Waals surface area (Å²) in [5.74, 6) is 0.481. The fourth-order valence-corrected chi connectivity index (χ4v) is 3.59. The number of hydrogen-bond acceptors (Lipinski definition) is 7. The molecule has 1 aromatic carbocycles. The molecule has 1 amide bonds. The van der Waals surface area contributed by atoms with E-state index in [0.717, 1.165) is 11.5 Å². The lowest BCUT2D eigenvalue weighted by atomic mass is 10.1.